The lowest BCUT2D eigenvalue weighted by Gasteiger charge is -2.21. The molecule has 0 aliphatic carbocycles. The maximum Gasteiger partial charge on any atom is 0.229 e. The molecule has 0 N–H and O–H groups in total. The van der Waals surface area contributed by atoms with Crippen LogP contribution in [0.3, 0.4) is 0 Å². The third-order valence-electron chi connectivity index (χ3n) is 3.69. The maximum atomic E-state index is 12.4. The molecule has 1 aromatic carbocycles. The molecule has 0 spiro atoms. The molecule has 3 nitrogen and oxygen atoms in total. The van der Waals surface area contributed by atoms with Gasteiger partial charge in [0.15, 0.2) is 0 Å². The fourth-order valence-corrected chi connectivity index (χ4v) is 3.56. The van der Waals surface area contributed by atoms with Crippen molar-refractivity contribution >= 4 is 24.1 Å². The molecular weight excluding hydrogens is 245 g/mol. The highest BCUT2D eigenvalue weighted by Gasteiger charge is 2.33. The Morgan fingerprint density at radius 3 is 2.67 bits per heavy atom. The lowest BCUT2D eigenvalue weighted by atomic mass is 9.82. The van der Waals surface area contributed by atoms with Gasteiger partial charge in [-0.1, -0.05) is 13.8 Å². The summed E-state index contributed by atoms with van der Waals surface area (Å²) in [7, 11) is -2.70. The topological polar surface area (TPSA) is 38.7 Å². The summed E-state index contributed by atoms with van der Waals surface area (Å²) in [5, 5.41) is 0.779. The van der Waals surface area contributed by atoms with Crippen molar-refractivity contribution in [2.24, 2.45) is 4.99 Å². The van der Waals surface area contributed by atoms with Crippen molar-refractivity contribution in [3.05, 3.63) is 23.8 Å². The Bertz CT molecular complexity index is 561. The van der Waals surface area contributed by atoms with E-state index in [4.69, 9.17) is 4.52 Å². The van der Waals surface area contributed by atoms with Crippen molar-refractivity contribution < 1.29 is 9.09 Å². The normalized spacial score (nSPS) is 20.2. The van der Waals surface area contributed by atoms with Gasteiger partial charge in [-0.15, -0.1) is 0 Å². The van der Waals surface area contributed by atoms with Crippen LogP contribution < -0.4 is 5.30 Å². The smallest absolute Gasteiger partial charge is 0.229 e. The van der Waals surface area contributed by atoms with E-state index in [0.29, 0.717) is 6.61 Å². The molecule has 2 rings (SSSR count). The summed E-state index contributed by atoms with van der Waals surface area (Å²) in [5.41, 5.74) is 3.13. The molecule has 98 valence electrons. The molecule has 0 radical (unpaired) electrons. The van der Waals surface area contributed by atoms with Gasteiger partial charge in [-0.05, 0) is 37.6 Å². The molecule has 1 unspecified atom stereocenters. The zero-order valence-electron chi connectivity index (χ0n) is 11.7. The second kappa shape index (κ2) is 4.32. The molecule has 1 atom stereocenters. The summed E-state index contributed by atoms with van der Waals surface area (Å²) in [4.78, 5) is 4.56. The number of fused-ring (bicyclic) bond motifs is 1. The fourth-order valence-electron chi connectivity index (χ4n) is 2.21. The molecule has 1 aliphatic rings. The molecule has 1 aromatic rings. The largest absolute Gasteiger partial charge is 0.326 e. The standard InChI is InChI=1S/C14H20NO2P/c1-6-17-18(5,16)11-7-8-13-12(9-11)14(3,4)10(2)15-13/h7-9H,6H2,1-5H3. The van der Waals surface area contributed by atoms with Crippen LogP contribution in [-0.4, -0.2) is 19.0 Å². The van der Waals surface area contributed by atoms with E-state index in [0.717, 1.165) is 22.3 Å². The van der Waals surface area contributed by atoms with Gasteiger partial charge in [0, 0.05) is 23.1 Å². The van der Waals surface area contributed by atoms with E-state index in [9.17, 15) is 4.57 Å². The Balaban J connectivity index is 2.49. The molecule has 0 saturated heterocycles. The van der Waals surface area contributed by atoms with E-state index in [1.54, 1.807) is 6.66 Å². The molecule has 4 heteroatoms. The number of hydrogen-bond donors (Lipinski definition) is 0. The second-order valence-corrected chi connectivity index (χ2v) is 7.75. The van der Waals surface area contributed by atoms with E-state index >= 15 is 0 Å². The fraction of sp³-hybridized carbons (Fsp3) is 0.500. The number of benzene rings is 1. The highest BCUT2D eigenvalue weighted by atomic mass is 31.2. The first-order valence-corrected chi connectivity index (χ1v) is 8.29. The second-order valence-electron chi connectivity index (χ2n) is 5.29. The first-order chi connectivity index (χ1) is 8.29. The summed E-state index contributed by atoms with van der Waals surface area (Å²) in [6, 6.07) is 5.80. The molecule has 1 heterocycles. The van der Waals surface area contributed by atoms with Crippen molar-refractivity contribution in [1.82, 2.24) is 0 Å². The van der Waals surface area contributed by atoms with Gasteiger partial charge in [-0.3, -0.25) is 9.56 Å². The third kappa shape index (κ3) is 2.06. The van der Waals surface area contributed by atoms with Gasteiger partial charge in [-0.2, -0.15) is 0 Å². The molecule has 1 aliphatic heterocycles. The van der Waals surface area contributed by atoms with Gasteiger partial charge in [-0.25, -0.2) is 0 Å². The Labute approximate surface area is 109 Å². The molecule has 18 heavy (non-hydrogen) atoms. The zero-order chi connectivity index (χ0) is 13.6. The van der Waals surface area contributed by atoms with Crippen LogP contribution in [0, 0.1) is 0 Å². The van der Waals surface area contributed by atoms with Crippen LogP contribution in [0.5, 0.6) is 0 Å². The average Bonchev–Trinajstić information content (AvgIpc) is 2.50. The summed E-state index contributed by atoms with van der Waals surface area (Å²) in [6.45, 7) is 10.3. The molecule has 0 aromatic heterocycles. The van der Waals surface area contributed by atoms with E-state index in [2.05, 4.69) is 18.8 Å². The zero-order valence-corrected chi connectivity index (χ0v) is 12.5. The summed E-state index contributed by atoms with van der Waals surface area (Å²) >= 11 is 0. The third-order valence-corrected chi connectivity index (χ3v) is 5.66. The van der Waals surface area contributed by atoms with Gasteiger partial charge >= 0.3 is 0 Å². The van der Waals surface area contributed by atoms with Gasteiger partial charge in [0.2, 0.25) is 7.37 Å². The molecule has 0 bridgehead atoms. The minimum absolute atomic E-state index is 0.0858. The first-order valence-electron chi connectivity index (χ1n) is 6.22. The average molecular weight is 265 g/mol. The van der Waals surface area contributed by atoms with Crippen LogP contribution in [0.2, 0.25) is 0 Å². The van der Waals surface area contributed by atoms with Crippen molar-refractivity contribution in [3.63, 3.8) is 0 Å². The van der Waals surface area contributed by atoms with Crippen LogP contribution >= 0.6 is 7.37 Å². The predicted octanol–water partition coefficient (Wildman–Crippen LogP) is 3.64. The summed E-state index contributed by atoms with van der Waals surface area (Å²) in [5.74, 6) is 0. The quantitative estimate of drug-likeness (QED) is 0.783. The van der Waals surface area contributed by atoms with Crippen LogP contribution in [-0.2, 0) is 14.5 Å². The van der Waals surface area contributed by atoms with Gasteiger partial charge in [0.05, 0.1) is 12.3 Å². The van der Waals surface area contributed by atoms with Crippen molar-refractivity contribution in [3.8, 4) is 0 Å². The Kier molecular flexibility index (Phi) is 3.25. The van der Waals surface area contributed by atoms with Crippen LogP contribution in [0.25, 0.3) is 0 Å². The summed E-state index contributed by atoms with van der Waals surface area (Å²) in [6.07, 6.45) is 0. The van der Waals surface area contributed by atoms with Crippen molar-refractivity contribution in [2.75, 3.05) is 13.3 Å². The van der Waals surface area contributed by atoms with E-state index in [-0.39, 0.29) is 5.41 Å². The number of aliphatic imine (C=N–C) groups is 1. The van der Waals surface area contributed by atoms with Crippen molar-refractivity contribution in [1.29, 1.82) is 0 Å². The van der Waals surface area contributed by atoms with Gasteiger partial charge in [0.1, 0.15) is 0 Å². The minimum Gasteiger partial charge on any atom is -0.326 e. The molecule has 0 saturated carbocycles. The number of rotatable bonds is 3. The predicted molar refractivity (Wildman–Crippen MR) is 77.0 cm³/mol. The molecular formula is C14H20NO2P. The Morgan fingerprint density at radius 2 is 2.06 bits per heavy atom. The Morgan fingerprint density at radius 1 is 1.39 bits per heavy atom. The highest BCUT2D eigenvalue weighted by Crippen LogP contribution is 2.45. The first kappa shape index (κ1) is 13.5. The van der Waals surface area contributed by atoms with Crippen molar-refractivity contribution in [2.45, 2.75) is 33.1 Å². The van der Waals surface area contributed by atoms with Crippen LogP contribution in [0.1, 0.15) is 33.3 Å². The SMILES string of the molecule is CCOP(C)(=O)c1ccc2c(c1)C(C)(C)C(C)=N2. The van der Waals surface area contributed by atoms with E-state index < -0.39 is 7.37 Å². The monoisotopic (exact) mass is 265 g/mol. The lowest BCUT2D eigenvalue weighted by Crippen LogP contribution is -2.24. The number of nitrogens with zero attached hydrogens (tertiary/aromatic N) is 1. The van der Waals surface area contributed by atoms with Gasteiger partial charge < -0.3 is 4.52 Å². The highest BCUT2D eigenvalue weighted by molar-refractivity contribution is 7.66. The lowest BCUT2D eigenvalue weighted by molar-refractivity contribution is 0.345. The minimum atomic E-state index is -2.70. The van der Waals surface area contributed by atoms with E-state index in [1.165, 1.54) is 0 Å². The van der Waals surface area contributed by atoms with Gasteiger partial charge in [0.25, 0.3) is 0 Å². The summed E-state index contributed by atoms with van der Waals surface area (Å²) < 4.78 is 17.8. The Hall–Kier alpha value is -0.920. The van der Waals surface area contributed by atoms with Crippen LogP contribution in [0.4, 0.5) is 5.69 Å². The number of hydrogen-bond acceptors (Lipinski definition) is 3. The molecule has 0 amide bonds. The maximum absolute atomic E-state index is 12.4. The van der Waals surface area contributed by atoms with Crippen LogP contribution in [0.15, 0.2) is 23.2 Å². The molecule has 0 fully saturated rings. The van der Waals surface area contributed by atoms with E-state index in [1.807, 2.05) is 32.0 Å².